The van der Waals surface area contributed by atoms with Gasteiger partial charge in [-0.25, -0.2) is 4.79 Å². The summed E-state index contributed by atoms with van der Waals surface area (Å²) in [7, 11) is 0. The van der Waals surface area contributed by atoms with Crippen molar-refractivity contribution in [3.63, 3.8) is 0 Å². The summed E-state index contributed by atoms with van der Waals surface area (Å²) in [5.74, 6) is 1.40. The van der Waals surface area contributed by atoms with Crippen LogP contribution >= 0.6 is 11.8 Å². The predicted molar refractivity (Wildman–Crippen MR) is 94.8 cm³/mol. The van der Waals surface area contributed by atoms with E-state index in [1.807, 2.05) is 0 Å². The van der Waals surface area contributed by atoms with Crippen molar-refractivity contribution in [2.24, 2.45) is 5.92 Å². The first-order chi connectivity index (χ1) is 12.1. The molecule has 8 nitrogen and oxygen atoms in total. The molecule has 0 unspecified atom stereocenters. The number of alkyl carbamates (subject to hydrolysis) is 1. The van der Waals surface area contributed by atoms with E-state index in [0.29, 0.717) is 6.04 Å². The molecule has 9 heteroatoms. The topological polar surface area (TPSA) is 89.3 Å². The van der Waals surface area contributed by atoms with Crippen LogP contribution in [0.25, 0.3) is 0 Å². The minimum Gasteiger partial charge on any atom is -0.450 e. The summed E-state index contributed by atoms with van der Waals surface area (Å²) in [5.41, 5.74) is 0. The molecule has 1 saturated carbocycles. The molecule has 2 aliphatic rings. The molecule has 1 N–H and O–H groups in total. The summed E-state index contributed by atoms with van der Waals surface area (Å²) in [4.78, 5) is 25.4. The standard InChI is InChI=1S/C16H25N5O3S/c1-3-24-16(23)17-13(22)10-25-15-19-18-14(21(15)12-4-5-12)20-8-6-11(2)7-9-20/h11-12H,3-10H2,1-2H3,(H,17,22,23). The Bertz CT molecular complexity index is 623. The van der Waals surface area contributed by atoms with Gasteiger partial charge in [0, 0.05) is 19.1 Å². The second-order valence-electron chi connectivity index (χ2n) is 6.61. The highest BCUT2D eigenvalue weighted by atomic mass is 32.2. The van der Waals surface area contributed by atoms with Crippen LogP contribution in [0.5, 0.6) is 0 Å². The lowest BCUT2D eigenvalue weighted by Gasteiger charge is -2.31. The van der Waals surface area contributed by atoms with Crippen molar-refractivity contribution in [1.29, 1.82) is 0 Å². The zero-order chi connectivity index (χ0) is 17.8. The van der Waals surface area contributed by atoms with Crippen LogP contribution in [0, 0.1) is 5.92 Å². The first kappa shape index (κ1) is 18.0. The molecule has 2 fully saturated rings. The van der Waals surface area contributed by atoms with Crippen molar-refractivity contribution in [3.8, 4) is 0 Å². The zero-order valence-electron chi connectivity index (χ0n) is 14.7. The molecule has 0 bridgehead atoms. The van der Waals surface area contributed by atoms with Crippen LogP contribution in [0.1, 0.15) is 45.6 Å². The van der Waals surface area contributed by atoms with E-state index in [1.165, 1.54) is 24.6 Å². The Labute approximate surface area is 151 Å². The molecule has 1 aliphatic carbocycles. The monoisotopic (exact) mass is 367 g/mol. The quantitative estimate of drug-likeness (QED) is 0.771. The SMILES string of the molecule is CCOC(=O)NC(=O)CSc1nnc(N2CCC(C)CC2)n1C1CC1. The summed E-state index contributed by atoms with van der Waals surface area (Å²) in [6.07, 6.45) is 3.87. The van der Waals surface area contributed by atoms with E-state index in [-0.39, 0.29) is 18.3 Å². The van der Waals surface area contributed by atoms with E-state index in [1.54, 1.807) is 6.92 Å². The molecule has 2 amide bonds. The Morgan fingerprint density at radius 3 is 2.60 bits per heavy atom. The summed E-state index contributed by atoms with van der Waals surface area (Å²) in [6.45, 7) is 6.21. The smallest absolute Gasteiger partial charge is 0.413 e. The Hall–Kier alpha value is -1.77. The Morgan fingerprint density at radius 2 is 1.96 bits per heavy atom. The second kappa shape index (κ2) is 8.07. The van der Waals surface area contributed by atoms with Crippen molar-refractivity contribution in [2.75, 3.05) is 30.3 Å². The number of ether oxygens (including phenoxy) is 1. The Morgan fingerprint density at radius 1 is 1.24 bits per heavy atom. The zero-order valence-corrected chi connectivity index (χ0v) is 15.5. The number of piperidine rings is 1. The second-order valence-corrected chi connectivity index (χ2v) is 7.55. The van der Waals surface area contributed by atoms with Crippen molar-refractivity contribution >= 4 is 29.7 Å². The largest absolute Gasteiger partial charge is 0.450 e. The maximum absolute atomic E-state index is 11.8. The summed E-state index contributed by atoms with van der Waals surface area (Å²) < 4.78 is 6.87. The van der Waals surface area contributed by atoms with E-state index >= 15 is 0 Å². The molecule has 1 aromatic heterocycles. The van der Waals surface area contributed by atoms with E-state index < -0.39 is 6.09 Å². The van der Waals surface area contributed by atoms with Crippen LogP contribution in [-0.4, -0.2) is 52.2 Å². The van der Waals surface area contributed by atoms with E-state index in [9.17, 15) is 9.59 Å². The van der Waals surface area contributed by atoms with Gasteiger partial charge in [-0.05, 0) is 38.5 Å². The van der Waals surface area contributed by atoms with Gasteiger partial charge in [0.1, 0.15) is 0 Å². The lowest BCUT2D eigenvalue weighted by molar-refractivity contribution is -0.117. The summed E-state index contributed by atoms with van der Waals surface area (Å²) in [6, 6.07) is 0.431. The van der Waals surface area contributed by atoms with Crippen LogP contribution in [0.2, 0.25) is 0 Å². The third-order valence-electron chi connectivity index (χ3n) is 4.47. The van der Waals surface area contributed by atoms with Crippen LogP contribution in [0.15, 0.2) is 5.16 Å². The van der Waals surface area contributed by atoms with Gasteiger partial charge in [0.25, 0.3) is 0 Å². The maximum atomic E-state index is 11.8. The Kier molecular flexibility index (Phi) is 5.82. The minimum atomic E-state index is -0.708. The van der Waals surface area contributed by atoms with Crippen molar-refractivity contribution in [1.82, 2.24) is 20.1 Å². The van der Waals surface area contributed by atoms with Gasteiger partial charge in [-0.2, -0.15) is 0 Å². The highest BCUT2D eigenvalue weighted by Gasteiger charge is 2.32. The molecular formula is C16H25N5O3S. The first-order valence-electron chi connectivity index (χ1n) is 8.87. The van der Waals surface area contributed by atoms with Gasteiger partial charge >= 0.3 is 6.09 Å². The van der Waals surface area contributed by atoms with E-state index in [0.717, 1.165) is 43.0 Å². The number of nitrogens with one attached hydrogen (secondary N) is 1. The minimum absolute atomic E-state index is 0.112. The maximum Gasteiger partial charge on any atom is 0.413 e. The van der Waals surface area contributed by atoms with Crippen molar-refractivity contribution in [3.05, 3.63) is 0 Å². The van der Waals surface area contributed by atoms with Crippen molar-refractivity contribution in [2.45, 2.75) is 50.7 Å². The van der Waals surface area contributed by atoms with Gasteiger partial charge in [-0.15, -0.1) is 10.2 Å². The number of imide groups is 1. The summed E-state index contributed by atoms with van der Waals surface area (Å²) >= 11 is 1.31. The first-order valence-corrected chi connectivity index (χ1v) is 9.86. The lowest BCUT2D eigenvalue weighted by Crippen LogP contribution is -2.34. The number of anilines is 1. The number of amides is 2. The van der Waals surface area contributed by atoms with Crippen LogP contribution < -0.4 is 10.2 Å². The number of carbonyl (C=O) groups is 2. The molecule has 0 spiro atoms. The molecule has 0 atom stereocenters. The van der Waals surface area contributed by atoms with Gasteiger partial charge in [0.15, 0.2) is 5.16 Å². The average molecular weight is 367 g/mol. The molecular weight excluding hydrogens is 342 g/mol. The van der Waals surface area contributed by atoms with E-state index in [2.05, 4.69) is 31.9 Å². The third kappa shape index (κ3) is 4.65. The number of nitrogens with zero attached hydrogens (tertiary/aromatic N) is 4. The highest BCUT2D eigenvalue weighted by molar-refractivity contribution is 7.99. The predicted octanol–water partition coefficient (Wildman–Crippen LogP) is 2.21. The third-order valence-corrected chi connectivity index (χ3v) is 5.42. The fourth-order valence-corrected chi connectivity index (χ4v) is 3.69. The molecule has 0 aromatic carbocycles. The molecule has 138 valence electrons. The van der Waals surface area contributed by atoms with Gasteiger partial charge in [0.05, 0.1) is 12.4 Å². The molecule has 1 aromatic rings. The fraction of sp³-hybridized carbons (Fsp3) is 0.750. The average Bonchev–Trinajstić information content (AvgIpc) is 3.33. The molecule has 25 heavy (non-hydrogen) atoms. The normalized spacial score (nSPS) is 18.2. The number of hydrogen-bond acceptors (Lipinski definition) is 7. The molecule has 2 heterocycles. The van der Waals surface area contributed by atoms with E-state index in [4.69, 9.17) is 4.74 Å². The Balaban J connectivity index is 1.62. The van der Waals surface area contributed by atoms with Gasteiger partial charge < -0.3 is 9.64 Å². The van der Waals surface area contributed by atoms with Gasteiger partial charge in [-0.3, -0.25) is 14.7 Å². The highest BCUT2D eigenvalue weighted by Crippen LogP contribution is 2.41. The number of thioether (sulfide) groups is 1. The fourth-order valence-electron chi connectivity index (χ4n) is 2.89. The number of carbonyl (C=O) groups excluding carboxylic acids is 2. The van der Waals surface area contributed by atoms with Crippen molar-refractivity contribution < 1.29 is 14.3 Å². The van der Waals surface area contributed by atoms with Crippen LogP contribution in [-0.2, 0) is 9.53 Å². The van der Waals surface area contributed by atoms with Gasteiger partial charge in [0.2, 0.25) is 11.9 Å². The molecule has 1 saturated heterocycles. The number of hydrogen-bond donors (Lipinski definition) is 1. The summed E-state index contributed by atoms with van der Waals surface area (Å²) in [5, 5.41) is 11.6. The molecule has 1 aliphatic heterocycles. The lowest BCUT2D eigenvalue weighted by atomic mass is 10.00. The number of rotatable bonds is 6. The van der Waals surface area contributed by atoms with Crippen LogP contribution in [0.4, 0.5) is 10.7 Å². The van der Waals surface area contributed by atoms with Crippen LogP contribution in [0.3, 0.4) is 0 Å². The number of aromatic nitrogens is 3. The molecule has 3 rings (SSSR count). The van der Waals surface area contributed by atoms with Gasteiger partial charge in [-0.1, -0.05) is 18.7 Å². The molecule has 0 radical (unpaired) electrons.